The second kappa shape index (κ2) is 8.20. The number of anilines is 2. The number of β-lactam (4-membered cyclic amide) rings is 1. The fourth-order valence-corrected chi connectivity index (χ4v) is 4.29. The van der Waals surface area contributed by atoms with Crippen molar-refractivity contribution in [1.82, 2.24) is 9.88 Å². The van der Waals surface area contributed by atoms with Gasteiger partial charge in [-0.2, -0.15) is 5.26 Å². The van der Waals surface area contributed by atoms with Crippen LogP contribution in [0.4, 0.5) is 11.4 Å². The molecule has 164 valence electrons. The van der Waals surface area contributed by atoms with Gasteiger partial charge >= 0.3 is 5.97 Å². The number of aromatic amines is 1. The number of benzene rings is 1. The number of nitrogens with one attached hydrogen (secondary N) is 3. The van der Waals surface area contributed by atoms with E-state index in [1.807, 2.05) is 0 Å². The summed E-state index contributed by atoms with van der Waals surface area (Å²) in [4.78, 5) is 40.4. The standard InChI is InChI=1S/C22H21N5O5/c1-11(28)19-17-7-15(20(22(31)32)27(17)21(19)30)12-2-3-16(13(6-12)8-23)25-10-18(29)26-14-4-5-24-9-14/h2-6,9,11,17,19,24-25,28H,7,10H2,1H3,(H,26,29)(H,31,32)/t11-,17-,19-/m1/s1. The lowest BCUT2D eigenvalue weighted by atomic mass is 9.82. The molecule has 2 amide bonds. The van der Waals surface area contributed by atoms with Crippen LogP contribution in [-0.2, 0) is 14.4 Å². The van der Waals surface area contributed by atoms with Gasteiger partial charge in [0.1, 0.15) is 11.8 Å². The van der Waals surface area contributed by atoms with Crippen molar-refractivity contribution >= 4 is 34.7 Å². The highest BCUT2D eigenvalue weighted by atomic mass is 16.4. The van der Waals surface area contributed by atoms with Gasteiger partial charge in [-0.25, -0.2) is 4.79 Å². The molecule has 0 aliphatic carbocycles. The second-order valence-corrected chi connectivity index (χ2v) is 7.75. The van der Waals surface area contributed by atoms with E-state index in [0.717, 1.165) is 0 Å². The number of aliphatic carboxylic acids is 1. The molecule has 2 aliphatic heterocycles. The van der Waals surface area contributed by atoms with Crippen molar-refractivity contribution < 1.29 is 24.6 Å². The molecular weight excluding hydrogens is 414 g/mol. The summed E-state index contributed by atoms with van der Waals surface area (Å²) in [5.41, 5.74) is 2.11. The smallest absolute Gasteiger partial charge is 0.352 e. The van der Waals surface area contributed by atoms with Crippen LogP contribution >= 0.6 is 0 Å². The molecule has 1 aromatic carbocycles. The number of hydrogen-bond acceptors (Lipinski definition) is 6. The van der Waals surface area contributed by atoms with Crippen LogP contribution in [0.3, 0.4) is 0 Å². The molecule has 1 aromatic heterocycles. The second-order valence-electron chi connectivity index (χ2n) is 7.75. The first kappa shape index (κ1) is 21.1. The maximum absolute atomic E-state index is 12.4. The molecule has 0 radical (unpaired) electrons. The predicted octanol–water partition coefficient (Wildman–Crippen LogP) is 1.34. The topological polar surface area (TPSA) is 159 Å². The van der Waals surface area contributed by atoms with Gasteiger partial charge in [0, 0.05) is 12.4 Å². The van der Waals surface area contributed by atoms with Crippen LogP contribution < -0.4 is 10.6 Å². The van der Waals surface area contributed by atoms with Gasteiger partial charge in [-0.15, -0.1) is 0 Å². The fourth-order valence-electron chi connectivity index (χ4n) is 4.29. The Labute approximate surface area is 183 Å². The normalized spacial score (nSPS) is 20.3. The maximum atomic E-state index is 12.4. The number of carbonyl (C=O) groups excluding carboxylic acids is 2. The van der Waals surface area contributed by atoms with Crippen LogP contribution in [0.2, 0.25) is 0 Å². The van der Waals surface area contributed by atoms with Gasteiger partial charge in [0.2, 0.25) is 11.8 Å². The number of hydrogen-bond donors (Lipinski definition) is 5. The summed E-state index contributed by atoms with van der Waals surface area (Å²) in [5.74, 6) is -2.58. The number of nitrogens with zero attached hydrogens (tertiary/aromatic N) is 2. The largest absolute Gasteiger partial charge is 0.477 e. The molecule has 1 fully saturated rings. The first-order valence-corrected chi connectivity index (χ1v) is 10.0. The molecule has 3 heterocycles. The number of nitriles is 1. The summed E-state index contributed by atoms with van der Waals surface area (Å²) >= 11 is 0. The van der Waals surface area contributed by atoms with Crippen molar-refractivity contribution in [3.63, 3.8) is 0 Å². The number of carbonyl (C=O) groups is 3. The van der Waals surface area contributed by atoms with E-state index in [2.05, 4.69) is 21.7 Å². The van der Waals surface area contributed by atoms with E-state index in [0.29, 0.717) is 22.5 Å². The zero-order valence-electron chi connectivity index (χ0n) is 17.1. The number of aromatic nitrogens is 1. The average Bonchev–Trinajstić information content (AvgIpc) is 3.37. The zero-order chi connectivity index (χ0) is 23.0. The van der Waals surface area contributed by atoms with Crippen molar-refractivity contribution in [1.29, 1.82) is 5.26 Å². The first-order chi connectivity index (χ1) is 15.3. The van der Waals surface area contributed by atoms with E-state index in [4.69, 9.17) is 0 Å². The van der Waals surface area contributed by atoms with E-state index in [1.165, 1.54) is 11.8 Å². The van der Waals surface area contributed by atoms with E-state index < -0.39 is 29.9 Å². The third-order valence-electron chi connectivity index (χ3n) is 5.74. The van der Waals surface area contributed by atoms with Crippen molar-refractivity contribution in [2.45, 2.75) is 25.5 Å². The van der Waals surface area contributed by atoms with Gasteiger partial charge in [0.25, 0.3) is 0 Å². The Morgan fingerprint density at radius 2 is 2.16 bits per heavy atom. The van der Waals surface area contributed by atoms with Gasteiger partial charge in [-0.05, 0) is 42.7 Å². The van der Waals surface area contributed by atoms with Gasteiger partial charge in [-0.3, -0.25) is 9.59 Å². The number of H-pyrrole nitrogens is 1. The Morgan fingerprint density at radius 1 is 1.38 bits per heavy atom. The Morgan fingerprint density at radius 3 is 2.78 bits per heavy atom. The van der Waals surface area contributed by atoms with Crippen LogP contribution in [0.5, 0.6) is 0 Å². The van der Waals surface area contributed by atoms with Crippen LogP contribution in [0.25, 0.3) is 5.57 Å². The van der Waals surface area contributed by atoms with Gasteiger partial charge in [0.15, 0.2) is 0 Å². The van der Waals surface area contributed by atoms with Crippen molar-refractivity contribution in [3.8, 4) is 6.07 Å². The summed E-state index contributed by atoms with van der Waals surface area (Å²) in [6.45, 7) is 1.45. The van der Waals surface area contributed by atoms with E-state index >= 15 is 0 Å². The summed E-state index contributed by atoms with van der Waals surface area (Å²) in [6, 6.07) is 8.15. The molecule has 2 aliphatic rings. The van der Waals surface area contributed by atoms with Crippen LogP contribution in [0.15, 0.2) is 42.4 Å². The van der Waals surface area contributed by atoms with Crippen LogP contribution in [-0.4, -0.2) is 56.6 Å². The summed E-state index contributed by atoms with van der Waals surface area (Å²) in [7, 11) is 0. The lowest BCUT2D eigenvalue weighted by Crippen LogP contribution is -2.61. The molecule has 3 atom stereocenters. The number of aliphatic hydroxyl groups is 1. The first-order valence-electron chi connectivity index (χ1n) is 10.0. The predicted molar refractivity (Wildman–Crippen MR) is 114 cm³/mol. The van der Waals surface area contributed by atoms with Crippen LogP contribution in [0, 0.1) is 17.2 Å². The fraction of sp³-hybridized carbons (Fsp3) is 0.273. The Bertz CT molecular complexity index is 1160. The minimum absolute atomic E-state index is 0.0668. The van der Waals surface area contributed by atoms with Crippen molar-refractivity contribution in [2.75, 3.05) is 17.2 Å². The van der Waals surface area contributed by atoms with E-state index in [1.54, 1.807) is 36.7 Å². The highest BCUT2D eigenvalue weighted by molar-refractivity contribution is 6.06. The number of fused-ring (bicyclic) bond motifs is 1. The van der Waals surface area contributed by atoms with Crippen LogP contribution in [0.1, 0.15) is 24.5 Å². The minimum Gasteiger partial charge on any atom is -0.477 e. The number of carboxylic acid groups (broad SMARTS) is 1. The SMILES string of the molecule is C[C@@H](O)[C@H]1C(=O)N2C(C(=O)O)=C(c3ccc(NCC(=O)Nc4cc[nH]c4)c(C#N)c3)C[C@H]12. The van der Waals surface area contributed by atoms with E-state index in [-0.39, 0.29) is 30.1 Å². The highest BCUT2D eigenvalue weighted by Crippen LogP contribution is 2.47. The number of aliphatic hydroxyl groups excluding tert-OH is 1. The molecule has 0 unspecified atom stereocenters. The Kier molecular flexibility index (Phi) is 5.42. The molecule has 1 saturated heterocycles. The maximum Gasteiger partial charge on any atom is 0.352 e. The molecule has 10 nitrogen and oxygen atoms in total. The minimum atomic E-state index is -1.23. The molecule has 5 N–H and O–H groups in total. The van der Waals surface area contributed by atoms with Gasteiger partial charge < -0.3 is 30.7 Å². The molecule has 0 saturated carbocycles. The molecule has 4 rings (SSSR count). The lowest BCUT2D eigenvalue weighted by molar-refractivity contribution is -0.161. The Balaban J connectivity index is 1.55. The number of carboxylic acids is 1. The van der Waals surface area contributed by atoms with Gasteiger partial charge in [0.05, 0.1) is 41.5 Å². The monoisotopic (exact) mass is 435 g/mol. The summed E-state index contributed by atoms with van der Waals surface area (Å²) < 4.78 is 0. The van der Waals surface area contributed by atoms with E-state index in [9.17, 15) is 29.9 Å². The zero-order valence-corrected chi connectivity index (χ0v) is 17.1. The highest BCUT2D eigenvalue weighted by Gasteiger charge is 2.56. The van der Waals surface area contributed by atoms with Crippen molar-refractivity contribution in [3.05, 3.63) is 53.5 Å². The quantitative estimate of drug-likeness (QED) is 0.411. The third-order valence-corrected chi connectivity index (χ3v) is 5.74. The molecule has 10 heteroatoms. The average molecular weight is 435 g/mol. The molecule has 2 aromatic rings. The third kappa shape index (κ3) is 3.59. The lowest BCUT2D eigenvalue weighted by Gasteiger charge is -2.44. The summed E-state index contributed by atoms with van der Waals surface area (Å²) in [6.07, 6.45) is 2.72. The molecular formula is C22H21N5O5. The van der Waals surface area contributed by atoms with Crippen molar-refractivity contribution in [2.24, 2.45) is 5.92 Å². The molecule has 32 heavy (non-hydrogen) atoms. The number of amides is 2. The molecule has 0 bridgehead atoms. The molecule has 0 spiro atoms. The summed E-state index contributed by atoms with van der Waals surface area (Å²) in [5, 5.41) is 34.8. The Hall–Kier alpha value is -4.10. The van der Waals surface area contributed by atoms with Gasteiger partial charge in [-0.1, -0.05) is 6.07 Å². The number of rotatable bonds is 7.